The summed E-state index contributed by atoms with van der Waals surface area (Å²) < 4.78 is 42.7. The number of hydrogen-bond donors (Lipinski definition) is 0. The Kier molecular flexibility index (Phi) is 6.39. The number of esters is 1. The molecule has 0 spiro atoms. The number of alkyl halides is 3. The van der Waals surface area contributed by atoms with Crippen LogP contribution in [0.25, 0.3) is 0 Å². The highest BCUT2D eigenvalue weighted by atomic mass is 19.4. The van der Waals surface area contributed by atoms with Crippen molar-refractivity contribution >= 4 is 11.8 Å². The Bertz CT molecular complexity index is 612. The Morgan fingerprint density at radius 1 is 1.12 bits per heavy atom. The molecule has 0 N–H and O–H groups in total. The molecule has 136 valence electrons. The lowest BCUT2D eigenvalue weighted by molar-refractivity contribution is -0.150. The van der Waals surface area contributed by atoms with E-state index in [-0.39, 0.29) is 23.6 Å². The van der Waals surface area contributed by atoms with Gasteiger partial charge < -0.3 is 4.74 Å². The lowest BCUT2D eigenvalue weighted by Crippen LogP contribution is -2.24. The first-order chi connectivity index (χ1) is 11.8. The van der Waals surface area contributed by atoms with Crippen LogP contribution in [0.2, 0.25) is 0 Å². The largest absolute Gasteiger partial charge is 0.462 e. The third-order valence-corrected chi connectivity index (χ3v) is 4.43. The van der Waals surface area contributed by atoms with Gasteiger partial charge in [0.2, 0.25) is 0 Å². The molecule has 1 aliphatic carbocycles. The van der Waals surface area contributed by atoms with Crippen molar-refractivity contribution in [3.63, 3.8) is 0 Å². The van der Waals surface area contributed by atoms with Crippen LogP contribution < -0.4 is 0 Å². The second-order valence-corrected chi connectivity index (χ2v) is 6.24. The van der Waals surface area contributed by atoms with Gasteiger partial charge in [0.1, 0.15) is 6.10 Å². The van der Waals surface area contributed by atoms with Crippen molar-refractivity contribution in [2.45, 2.75) is 56.7 Å². The monoisotopic (exact) mass is 354 g/mol. The quantitative estimate of drug-likeness (QED) is 0.412. The van der Waals surface area contributed by atoms with Crippen LogP contribution in [-0.2, 0) is 9.53 Å². The van der Waals surface area contributed by atoms with E-state index in [4.69, 9.17) is 4.74 Å². The van der Waals surface area contributed by atoms with E-state index in [1.54, 1.807) is 18.2 Å². The molecule has 1 aromatic rings. The van der Waals surface area contributed by atoms with Crippen molar-refractivity contribution in [3.8, 4) is 0 Å². The molecular weight excluding hydrogens is 333 g/mol. The maximum absolute atomic E-state index is 12.4. The molecule has 0 aliphatic heterocycles. The van der Waals surface area contributed by atoms with Crippen LogP contribution in [0.3, 0.4) is 0 Å². The molecule has 0 radical (unpaired) electrons. The summed E-state index contributed by atoms with van der Waals surface area (Å²) in [4.78, 5) is 22.8. The molecule has 1 saturated carbocycles. The molecule has 2 rings (SSSR count). The van der Waals surface area contributed by atoms with Gasteiger partial charge in [0.05, 0.1) is 0 Å². The van der Waals surface area contributed by atoms with Gasteiger partial charge in [-0.15, -0.1) is 6.58 Å². The number of ether oxygens (including phenoxy) is 1. The number of Topliss-reactive ketones (excluding diaryl/α,β-unsaturated/α-hetero) is 1. The van der Waals surface area contributed by atoms with Gasteiger partial charge in [-0.2, -0.15) is 13.2 Å². The predicted molar refractivity (Wildman–Crippen MR) is 87.3 cm³/mol. The van der Waals surface area contributed by atoms with Crippen LogP contribution in [-0.4, -0.2) is 24.0 Å². The fraction of sp³-hybridized carbons (Fsp3) is 0.474. The molecule has 0 heterocycles. The predicted octanol–water partition coefficient (Wildman–Crippen LogP) is 4.97. The summed E-state index contributed by atoms with van der Waals surface area (Å²) >= 11 is 0. The number of rotatable bonds is 6. The summed E-state index contributed by atoms with van der Waals surface area (Å²) in [6, 6.07) is 5.62. The smallest absolute Gasteiger partial charge is 0.454 e. The van der Waals surface area contributed by atoms with E-state index in [2.05, 4.69) is 6.58 Å². The molecule has 1 aromatic carbocycles. The summed E-state index contributed by atoms with van der Waals surface area (Å²) in [7, 11) is 0. The van der Waals surface area contributed by atoms with Crippen molar-refractivity contribution in [3.05, 3.63) is 48.0 Å². The minimum Gasteiger partial charge on any atom is -0.462 e. The molecule has 0 unspecified atom stereocenters. The van der Waals surface area contributed by atoms with Gasteiger partial charge >= 0.3 is 12.1 Å². The van der Waals surface area contributed by atoms with E-state index in [1.807, 2.05) is 0 Å². The molecule has 0 saturated heterocycles. The minimum absolute atomic E-state index is 0.0976. The highest BCUT2D eigenvalue weighted by Gasteiger charge is 2.39. The number of hydrogen-bond acceptors (Lipinski definition) is 3. The maximum Gasteiger partial charge on any atom is 0.454 e. The first-order valence-electron chi connectivity index (χ1n) is 8.33. The molecule has 3 nitrogen and oxygen atoms in total. The van der Waals surface area contributed by atoms with Crippen LogP contribution in [0.4, 0.5) is 13.2 Å². The van der Waals surface area contributed by atoms with Crippen molar-refractivity contribution < 1.29 is 27.5 Å². The van der Waals surface area contributed by atoms with Gasteiger partial charge in [0.25, 0.3) is 5.78 Å². The van der Waals surface area contributed by atoms with Crippen LogP contribution in [0.15, 0.2) is 36.9 Å². The first-order valence-corrected chi connectivity index (χ1v) is 8.33. The number of benzene rings is 1. The number of allylic oxidation sites excluding steroid dienone is 1. The summed E-state index contributed by atoms with van der Waals surface area (Å²) in [6.45, 7) is 3.56. The summed E-state index contributed by atoms with van der Waals surface area (Å²) in [6.07, 6.45) is 0.703. The van der Waals surface area contributed by atoms with E-state index in [1.165, 1.54) is 12.1 Å². The maximum atomic E-state index is 12.4. The van der Waals surface area contributed by atoms with Gasteiger partial charge in [-0.1, -0.05) is 30.3 Å². The van der Waals surface area contributed by atoms with Crippen LogP contribution in [0, 0.1) is 0 Å². The number of carbonyl (C=O) groups excluding carboxylic acids is 2. The molecule has 0 amide bonds. The average Bonchev–Trinajstić information content (AvgIpc) is 2.59. The average molecular weight is 354 g/mol. The van der Waals surface area contributed by atoms with E-state index in [9.17, 15) is 22.8 Å². The fourth-order valence-corrected chi connectivity index (χ4v) is 3.05. The van der Waals surface area contributed by atoms with E-state index in [0.29, 0.717) is 12.8 Å². The topological polar surface area (TPSA) is 43.4 Å². The Morgan fingerprint density at radius 3 is 2.24 bits per heavy atom. The van der Waals surface area contributed by atoms with Gasteiger partial charge in [-0.25, -0.2) is 0 Å². The van der Waals surface area contributed by atoms with Crippen molar-refractivity contribution in [1.29, 1.82) is 0 Å². The minimum atomic E-state index is -4.85. The molecule has 0 bridgehead atoms. The summed E-state index contributed by atoms with van der Waals surface area (Å²) in [5.74, 6) is -1.84. The van der Waals surface area contributed by atoms with Crippen LogP contribution >= 0.6 is 0 Å². The standard InChI is InChI=1S/C19H21F3O3/c1-2-3-4-17(23)25-16-11-9-14(10-12-16)13-5-7-15(8-6-13)18(24)19(20,21)22/h2,5-8,14,16H,1,3-4,9-12H2. The fourth-order valence-electron chi connectivity index (χ4n) is 3.05. The SMILES string of the molecule is C=CCCC(=O)OC1CCC(c2ccc(C(=O)C(F)(F)F)cc2)CC1. The van der Waals surface area contributed by atoms with Crippen molar-refractivity contribution in [2.24, 2.45) is 0 Å². The number of halogens is 3. The molecule has 0 aromatic heterocycles. The molecular formula is C19H21F3O3. The van der Waals surface area contributed by atoms with E-state index in [0.717, 1.165) is 31.2 Å². The van der Waals surface area contributed by atoms with Crippen LogP contribution in [0.5, 0.6) is 0 Å². The van der Waals surface area contributed by atoms with Crippen molar-refractivity contribution in [2.75, 3.05) is 0 Å². The second kappa shape index (κ2) is 8.32. The molecule has 25 heavy (non-hydrogen) atoms. The van der Waals surface area contributed by atoms with Gasteiger partial charge in [0.15, 0.2) is 0 Å². The zero-order valence-corrected chi connectivity index (χ0v) is 13.8. The zero-order valence-electron chi connectivity index (χ0n) is 13.8. The molecule has 6 heteroatoms. The Morgan fingerprint density at radius 2 is 1.72 bits per heavy atom. The lowest BCUT2D eigenvalue weighted by atomic mass is 9.82. The Hall–Kier alpha value is -2.11. The Balaban J connectivity index is 1.87. The van der Waals surface area contributed by atoms with E-state index >= 15 is 0 Å². The molecule has 1 fully saturated rings. The summed E-state index contributed by atoms with van der Waals surface area (Å²) in [5.41, 5.74) is 0.566. The molecule has 0 atom stereocenters. The molecule has 1 aliphatic rings. The first kappa shape index (κ1) is 19.2. The third-order valence-electron chi connectivity index (χ3n) is 4.43. The zero-order chi connectivity index (χ0) is 18.4. The van der Waals surface area contributed by atoms with Crippen LogP contribution in [0.1, 0.15) is 60.4 Å². The van der Waals surface area contributed by atoms with E-state index < -0.39 is 12.0 Å². The van der Waals surface area contributed by atoms with Crippen molar-refractivity contribution in [1.82, 2.24) is 0 Å². The second-order valence-electron chi connectivity index (χ2n) is 6.24. The lowest BCUT2D eigenvalue weighted by Gasteiger charge is -2.28. The highest BCUT2D eigenvalue weighted by molar-refractivity contribution is 6.00. The Labute approximate surface area is 144 Å². The van der Waals surface area contributed by atoms with Gasteiger partial charge in [0, 0.05) is 12.0 Å². The number of ketones is 1. The van der Waals surface area contributed by atoms with Gasteiger partial charge in [-0.05, 0) is 43.6 Å². The summed E-state index contributed by atoms with van der Waals surface area (Å²) in [5, 5.41) is 0. The highest BCUT2D eigenvalue weighted by Crippen LogP contribution is 2.34. The van der Waals surface area contributed by atoms with Gasteiger partial charge in [-0.3, -0.25) is 9.59 Å². The third kappa shape index (κ3) is 5.44. The normalized spacial score (nSPS) is 20.8. The number of carbonyl (C=O) groups is 2.